The first-order valence-electron chi connectivity index (χ1n) is 22.4. The zero-order chi connectivity index (χ0) is 37.5. The first-order valence-corrected chi connectivity index (χ1v) is 22.4. The van der Waals surface area contributed by atoms with Crippen molar-refractivity contribution >= 4 is 17.9 Å². The van der Waals surface area contributed by atoms with Crippen molar-refractivity contribution in [3.05, 3.63) is 0 Å². The maximum Gasteiger partial charge on any atom is 0.306 e. The van der Waals surface area contributed by atoms with E-state index < -0.39 is 6.10 Å². The molecule has 302 valence electrons. The van der Waals surface area contributed by atoms with Crippen molar-refractivity contribution in [2.24, 2.45) is 5.92 Å². The van der Waals surface area contributed by atoms with E-state index in [0.29, 0.717) is 19.3 Å². The molecule has 0 N–H and O–H groups in total. The minimum Gasteiger partial charge on any atom is -0.462 e. The molecule has 1 atom stereocenters. The van der Waals surface area contributed by atoms with Crippen molar-refractivity contribution in [2.45, 2.75) is 252 Å². The van der Waals surface area contributed by atoms with Crippen molar-refractivity contribution in [1.82, 2.24) is 0 Å². The smallest absolute Gasteiger partial charge is 0.306 e. The molecule has 0 aliphatic heterocycles. The van der Waals surface area contributed by atoms with Gasteiger partial charge in [-0.25, -0.2) is 0 Å². The summed E-state index contributed by atoms with van der Waals surface area (Å²) >= 11 is 0. The number of esters is 3. The fourth-order valence-corrected chi connectivity index (χ4v) is 6.63. The second-order valence-corrected chi connectivity index (χ2v) is 15.8. The van der Waals surface area contributed by atoms with E-state index in [0.717, 1.165) is 63.7 Å². The van der Waals surface area contributed by atoms with Crippen LogP contribution in [0.15, 0.2) is 0 Å². The predicted molar refractivity (Wildman–Crippen MR) is 215 cm³/mol. The van der Waals surface area contributed by atoms with E-state index in [4.69, 9.17) is 14.2 Å². The van der Waals surface area contributed by atoms with E-state index in [9.17, 15) is 14.4 Å². The average Bonchev–Trinajstić information content (AvgIpc) is 3.11. The summed E-state index contributed by atoms with van der Waals surface area (Å²) in [5.74, 6) is -0.0824. The van der Waals surface area contributed by atoms with Gasteiger partial charge in [-0.3, -0.25) is 14.4 Å². The van der Waals surface area contributed by atoms with E-state index >= 15 is 0 Å². The molecule has 6 nitrogen and oxygen atoms in total. The van der Waals surface area contributed by atoms with Crippen LogP contribution in [0.2, 0.25) is 0 Å². The first-order chi connectivity index (χ1) is 24.9. The quantitative estimate of drug-likeness (QED) is 0.0356. The molecule has 0 saturated carbocycles. The fourth-order valence-electron chi connectivity index (χ4n) is 6.63. The Balaban J connectivity index is 4.29. The van der Waals surface area contributed by atoms with Gasteiger partial charge in [-0.05, 0) is 25.2 Å². The van der Waals surface area contributed by atoms with Crippen LogP contribution in [-0.4, -0.2) is 37.2 Å². The van der Waals surface area contributed by atoms with E-state index in [1.165, 1.54) is 141 Å². The Labute approximate surface area is 317 Å². The van der Waals surface area contributed by atoms with Crippen LogP contribution in [-0.2, 0) is 28.6 Å². The van der Waals surface area contributed by atoms with Crippen molar-refractivity contribution in [2.75, 3.05) is 13.2 Å². The molecular formula is C45H86O6. The molecule has 0 bridgehead atoms. The molecule has 0 aromatic carbocycles. The van der Waals surface area contributed by atoms with Gasteiger partial charge in [-0.15, -0.1) is 0 Å². The zero-order valence-corrected chi connectivity index (χ0v) is 34.6. The standard InChI is InChI=1S/C45H86O6/c1-5-7-9-11-13-15-16-17-18-19-21-25-29-33-37-44(47)50-40-42(39-49-43(46)36-32-28-24-20-14-12-10-8-6-2)51-45(48)38-34-30-26-22-23-27-31-35-41(3)4/h41-42H,5-40H2,1-4H3/t42-/m1/s1. The molecule has 51 heavy (non-hydrogen) atoms. The number of hydrogen-bond acceptors (Lipinski definition) is 6. The maximum absolute atomic E-state index is 12.7. The van der Waals surface area contributed by atoms with Crippen molar-refractivity contribution < 1.29 is 28.6 Å². The predicted octanol–water partition coefficient (Wildman–Crippen LogP) is 13.9. The van der Waals surface area contributed by atoms with Crippen LogP contribution in [0.5, 0.6) is 0 Å². The highest BCUT2D eigenvalue weighted by molar-refractivity contribution is 5.71. The Morgan fingerprint density at radius 2 is 0.647 bits per heavy atom. The van der Waals surface area contributed by atoms with Gasteiger partial charge in [0.1, 0.15) is 13.2 Å². The molecule has 0 aromatic heterocycles. The second kappa shape index (κ2) is 39.6. The van der Waals surface area contributed by atoms with E-state index in [1.807, 2.05) is 0 Å². The molecule has 0 fully saturated rings. The van der Waals surface area contributed by atoms with Crippen LogP contribution in [0.3, 0.4) is 0 Å². The molecule has 0 rings (SSSR count). The van der Waals surface area contributed by atoms with Gasteiger partial charge >= 0.3 is 17.9 Å². The van der Waals surface area contributed by atoms with Crippen LogP contribution in [0.4, 0.5) is 0 Å². The van der Waals surface area contributed by atoms with Gasteiger partial charge in [-0.1, -0.05) is 207 Å². The Bertz CT molecular complexity index is 766. The molecule has 0 aliphatic rings. The molecule has 0 aromatic rings. The summed E-state index contributed by atoms with van der Waals surface area (Å²) in [6, 6.07) is 0. The molecule has 0 heterocycles. The summed E-state index contributed by atoms with van der Waals surface area (Å²) in [6.07, 6.45) is 38.1. The molecule has 0 aliphatic carbocycles. The SMILES string of the molecule is CCCCCCCCCCCCCCCCC(=O)OC[C@@H](COC(=O)CCCCCCCCCCC)OC(=O)CCCCCCCCCC(C)C. The summed E-state index contributed by atoms with van der Waals surface area (Å²) in [7, 11) is 0. The van der Waals surface area contributed by atoms with E-state index in [1.54, 1.807) is 0 Å². The third kappa shape index (κ3) is 39.5. The highest BCUT2D eigenvalue weighted by Crippen LogP contribution is 2.16. The number of hydrogen-bond donors (Lipinski definition) is 0. The highest BCUT2D eigenvalue weighted by atomic mass is 16.6. The summed E-state index contributed by atoms with van der Waals surface area (Å²) in [5.41, 5.74) is 0. The molecular weight excluding hydrogens is 636 g/mol. The normalized spacial score (nSPS) is 11.9. The highest BCUT2D eigenvalue weighted by Gasteiger charge is 2.19. The molecule has 0 radical (unpaired) electrons. The van der Waals surface area contributed by atoms with Crippen molar-refractivity contribution in [1.29, 1.82) is 0 Å². The Hall–Kier alpha value is -1.59. The average molecular weight is 723 g/mol. The Morgan fingerprint density at radius 1 is 0.373 bits per heavy atom. The summed E-state index contributed by atoms with van der Waals surface area (Å²) < 4.78 is 16.7. The van der Waals surface area contributed by atoms with Gasteiger partial charge in [-0.2, -0.15) is 0 Å². The lowest BCUT2D eigenvalue weighted by molar-refractivity contribution is -0.167. The van der Waals surface area contributed by atoms with E-state index in [-0.39, 0.29) is 31.1 Å². The maximum atomic E-state index is 12.7. The number of ether oxygens (including phenoxy) is 3. The monoisotopic (exact) mass is 723 g/mol. The van der Waals surface area contributed by atoms with Crippen LogP contribution < -0.4 is 0 Å². The molecule has 0 saturated heterocycles. The molecule has 0 unspecified atom stereocenters. The van der Waals surface area contributed by atoms with Crippen molar-refractivity contribution in [3.63, 3.8) is 0 Å². The van der Waals surface area contributed by atoms with E-state index in [2.05, 4.69) is 27.7 Å². The third-order valence-electron chi connectivity index (χ3n) is 10.0. The third-order valence-corrected chi connectivity index (χ3v) is 10.0. The Morgan fingerprint density at radius 3 is 0.961 bits per heavy atom. The minimum atomic E-state index is -0.759. The molecule has 6 heteroatoms. The molecule has 0 spiro atoms. The molecule has 0 amide bonds. The number of unbranched alkanes of at least 4 members (excludes halogenated alkanes) is 27. The summed E-state index contributed by atoms with van der Waals surface area (Å²) in [5, 5.41) is 0. The van der Waals surface area contributed by atoms with Crippen LogP contribution in [0, 0.1) is 5.92 Å². The zero-order valence-electron chi connectivity index (χ0n) is 34.6. The number of carbonyl (C=O) groups excluding carboxylic acids is 3. The number of rotatable bonds is 40. The summed E-state index contributed by atoms with van der Waals surface area (Å²) in [4.78, 5) is 37.6. The van der Waals surface area contributed by atoms with Gasteiger partial charge in [0.15, 0.2) is 6.10 Å². The van der Waals surface area contributed by atoms with Gasteiger partial charge in [0.2, 0.25) is 0 Å². The lowest BCUT2D eigenvalue weighted by Crippen LogP contribution is -2.30. The first kappa shape index (κ1) is 49.4. The van der Waals surface area contributed by atoms with Crippen LogP contribution in [0.1, 0.15) is 246 Å². The van der Waals surface area contributed by atoms with Crippen LogP contribution in [0.25, 0.3) is 0 Å². The van der Waals surface area contributed by atoms with Crippen molar-refractivity contribution in [3.8, 4) is 0 Å². The Kier molecular flexibility index (Phi) is 38.4. The minimum absolute atomic E-state index is 0.0646. The van der Waals surface area contributed by atoms with Gasteiger partial charge in [0.05, 0.1) is 0 Å². The van der Waals surface area contributed by atoms with Gasteiger partial charge < -0.3 is 14.2 Å². The fraction of sp³-hybridized carbons (Fsp3) is 0.933. The lowest BCUT2D eigenvalue weighted by atomic mass is 10.0. The topological polar surface area (TPSA) is 78.9 Å². The second-order valence-electron chi connectivity index (χ2n) is 15.8. The number of carbonyl (C=O) groups is 3. The van der Waals surface area contributed by atoms with Gasteiger partial charge in [0, 0.05) is 19.3 Å². The lowest BCUT2D eigenvalue weighted by Gasteiger charge is -2.18. The summed E-state index contributed by atoms with van der Waals surface area (Å²) in [6.45, 7) is 8.92. The largest absolute Gasteiger partial charge is 0.462 e. The van der Waals surface area contributed by atoms with Gasteiger partial charge in [0.25, 0.3) is 0 Å². The van der Waals surface area contributed by atoms with Crippen LogP contribution >= 0.6 is 0 Å².